The van der Waals surface area contributed by atoms with Crippen molar-refractivity contribution in [2.24, 2.45) is 0 Å². The molecule has 0 aliphatic heterocycles. The highest BCUT2D eigenvalue weighted by Gasteiger charge is 2.16. The number of rotatable bonds is 6. The van der Waals surface area contributed by atoms with E-state index in [2.05, 4.69) is 21.4 Å². The van der Waals surface area contributed by atoms with Crippen LogP contribution in [-0.2, 0) is 6.42 Å². The predicted octanol–water partition coefficient (Wildman–Crippen LogP) is 4.69. The van der Waals surface area contributed by atoms with Gasteiger partial charge in [0.15, 0.2) is 5.13 Å². The second-order valence-corrected chi connectivity index (χ2v) is 6.66. The number of nitrogens with one attached hydrogen (secondary N) is 1. The Hall–Kier alpha value is -2.82. The second kappa shape index (κ2) is 8.04. The molecule has 0 unspecified atom stereocenters. The molecule has 26 heavy (non-hydrogen) atoms. The van der Waals surface area contributed by atoms with Gasteiger partial charge in [-0.05, 0) is 18.2 Å². The molecule has 0 saturated carbocycles. The summed E-state index contributed by atoms with van der Waals surface area (Å²) in [7, 11) is 3.11. The van der Waals surface area contributed by atoms with Gasteiger partial charge in [-0.25, -0.2) is 4.98 Å². The summed E-state index contributed by atoms with van der Waals surface area (Å²) >= 11 is 7.63. The zero-order valence-corrected chi connectivity index (χ0v) is 15.7. The molecule has 0 saturated heterocycles. The van der Waals surface area contributed by atoms with Crippen LogP contribution in [0.15, 0.2) is 36.7 Å². The highest BCUT2D eigenvalue weighted by atomic mass is 35.5. The Morgan fingerprint density at radius 1 is 1.19 bits per heavy atom. The second-order valence-electron chi connectivity index (χ2n) is 5.17. The molecule has 0 aliphatic carbocycles. The van der Waals surface area contributed by atoms with Crippen LogP contribution in [0, 0.1) is 11.3 Å². The molecule has 1 aromatic carbocycles. The lowest BCUT2D eigenvalue weighted by atomic mass is 10.1. The van der Waals surface area contributed by atoms with E-state index in [-0.39, 0.29) is 6.42 Å². The molecule has 0 bridgehead atoms. The molecule has 1 N–H and O–H groups in total. The van der Waals surface area contributed by atoms with Gasteiger partial charge < -0.3 is 14.8 Å². The van der Waals surface area contributed by atoms with E-state index in [1.165, 1.54) is 11.3 Å². The number of methoxy groups -OCH3 is 2. The van der Waals surface area contributed by atoms with Crippen LogP contribution in [0.3, 0.4) is 0 Å². The minimum Gasteiger partial charge on any atom is -0.495 e. The average molecular weight is 387 g/mol. The van der Waals surface area contributed by atoms with Gasteiger partial charge in [-0.1, -0.05) is 11.6 Å². The molecule has 0 aliphatic rings. The smallest absolute Gasteiger partial charge is 0.188 e. The first kappa shape index (κ1) is 18.0. The van der Waals surface area contributed by atoms with E-state index in [1.807, 2.05) is 12.1 Å². The summed E-state index contributed by atoms with van der Waals surface area (Å²) in [6.45, 7) is 0. The highest BCUT2D eigenvalue weighted by Crippen LogP contribution is 2.39. The zero-order chi connectivity index (χ0) is 18.5. The molecule has 0 atom stereocenters. The third-order valence-corrected chi connectivity index (χ3v) is 4.87. The van der Waals surface area contributed by atoms with Gasteiger partial charge >= 0.3 is 0 Å². The van der Waals surface area contributed by atoms with E-state index in [4.69, 9.17) is 26.3 Å². The number of aromatic nitrogens is 2. The van der Waals surface area contributed by atoms with Crippen LogP contribution < -0.4 is 14.8 Å². The van der Waals surface area contributed by atoms with Crippen molar-refractivity contribution in [3.63, 3.8) is 0 Å². The standard InChI is InChI=1S/C18H15ClN4O2S/c1-24-14-10-15(25-2)13(9-12(14)19)22-18-23-17(16(26-18)3-6-20)11-4-7-21-8-5-11/h4-5,7-10H,3H2,1-2H3,(H,22,23). The molecule has 132 valence electrons. The van der Waals surface area contributed by atoms with Crippen molar-refractivity contribution in [2.45, 2.75) is 6.42 Å². The number of nitrogens with zero attached hydrogens (tertiary/aromatic N) is 3. The van der Waals surface area contributed by atoms with E-state index in [1.54, 1.807) is 38.7 Å². The Kier molecular flexibility index (Phi) is 5.56. The molecule has 0 radical (unpaired) electrons. The van der Waals surface area contributed by atoms with Gasteiger partial charge in [-0.2, -0.15) is 5.26 Å². The van der Waals surface area contributed by atoms with Crippen molar-refractivity contribution < 1.29 is 9.47 Å². The predicted molar refractivity (Wildman–Crippen MR) is 103 cm³/mol. The lowest BCUT2D eigenvalue weighted by Gasteiger charge is -2.12. The van der Waals surface area contributed by atoms with Gasteiger partial charge in [0.05, 0.1) is 43.1 Å². The number of nitriles is 1. The van der Waals surface area contributed by atoms with Gasteiger partial charge in [0.2, 0.25) is 0 Å². The number of ether oxygens (including phenoxy) is 2. The molecule has 2 heterocycles. The normalized spacial score (nSPS) is 10.2. The van der Waals surface area contributed by atoms with E-state index in [9.17, 15) is 0 Å². The molecule has 8 heteroatoms. The van der Waals surface area contributed by atoms with E-state index in [0.29, 0.717) is 27.3 Å². The van der Waals surface area contributed by atoms with E-state index in [0.717, 1.165) is 16.1 Å². The number of anilines is 2. The number of hydrogen-bond acceptors (Lipinski definition) is 7. The topological polar surface area (TPSA) is 80.1 Å². The number of benzene rings is 1. The summed E-state index contributed by atoms with van der Waals surface area (Å²) in [5.41, 5.74) is 2.34. The fourth-order valence-electron chi connectivity index (χ4n) is 2.41. The Bertz CT molecular complexity index is 954. The van der Waals surface area contributed by atoms with E-state index < -0.39 is 0 Å². The van der Waals surface area contributed by atoms with Crippen molar-refractivity contribution in [1.82, 2.24) is 9.97 Å². The zero-order valence-electron chi connectivity index (χ0n) is 14.1. The molecule has 0 fully saturated rings. The highest BCUT2D eigenvalue weighted by molar-refractivity contribution is 7.16. The van der Waals surface area contributed by atoms with Gasteiger partial charge in [-0.15, -0.1) is 11.3 Å². The third-order valence-electron chi connectivity index (χ3n) is 3.61. The Balaban J connectivity index is 1.99. The lowest BCUT2D eigenvalue weighted by molar-refractivity contribution is 0.396. The Labute approximate surface area is 160 Å². The lowest BCUT2D eigenvalue weighted by Crippen LogP contribution is -1.96. The molecule has 2 aromatic heterocycles. The van der Waals surface area contributed by atoms with Crippen molar-refractivity contribution in [1.29, 1.82) is 5.26 Å². The summed E-state index contributed by atoms with van der Waals surface area (Å²) in [5, 5.41) is 13.4. The monoisotopic (exact) mass is 386 g/mol. The summed E-state index contributed by atoms with van der Waals surface area (Å²) in [5.74, 6) is 1.10. The molecular formula is C18H15ClN4O2S. The van der Waals surface area contributed by atoms with Crippen LogP contribution in [0.1, 0.15) is 4.88 Å². The minimum absolute atomic E-state index is 0.275. The van der Waals surface area contributed by atoms with Crippen LogP contribution in [0.2, 0.25) is 5.02 Å². The van der Waals surface area contributed by atoms with Crippen LogP contribution in [0.5, 0.6) is 11.5 Å². The van der Waals surface area contributed by atoms with Crippen LogP contribution in [0.4, 0.5) is 10.8 Å². The number of halogens is 1. The Morgan fingerprint density at radius 2 is 1.92 bits per heavy atom. The molecule has 3 aromatic rings. The fourth-order valence-corrected chi connectivity index (χ4v) is 3.57. The molecule has 6 nitrogen and oxygen atoms in total. The van der Waals surface area contributed by atoms with Crippen molar-refractivity contribution in [3.8, 4) is 28.8 Å². The first-order chi connectivity index (χ1) is 12.7. The van der Waals surface area contributed by atoms with Crippen molar-refractivity contribution >= 4 is 33.8 Å². The van der Waals surface area contributed by atoms with Crippen LogP contribution >= 0.6 is 22.9 Å². The number of pyridine rings is 1. The molecule has 0 spiro atoms. The maximum absolute atomic E-state index is 9.11. The van der Waals surface area contributed by atoms with Gasteiger partial charge in [0.1, 0.15) is 11.5 Å². The quantitative estimate of drug-likeness (QED) is 0.662. The largest absolute Gasteiger partial charge is 0.495 e. The number of thiazole rings is 1. The third kappa shape index (κ3) is 3.72. The molecular weight excluding hydrogens is 372 g/mol. The first-order valence-electron chi connectivity index (χ1n) is 7.62. The van der Waals surface area contributed by atoms with Crippen molar-refractivity contribution in [3.05, 3.63) is 46.6 Å². The first-order valence-corrected chi connectivity index (χ1v) is 8.81. The van der Waals surface area contributed by atoms with Gasteiger partial charge in [0.25, 0.3) is 0 Å². The van der Waals surface area contributed by atoms with Crippen LogP contribution in [-0.4, -0.2) is 24.2 Å². The minimum atomic E-state index is 0.275. The van der Waals surface area contributed by atoms with E-state index >= 15 is 0 Å². The van der Waals surface area contributed by atoms with Crippen LogP contribution in [0.25, 0.3) is 11.3 Å². The Morgan fingerprint density at radius 3 is 2.58 bits per heavy atom. The maximum Gasteiger partial charge on any atom is 0.188 e. The van der Waals surface area contributed by atoms with Crippen molar-refractivity contribution in [2.75, 3.05) is 19.5 Å². The molecule has 0 amide bonds. The summed E-state index contributed by atoms with van der Waals surface area (Å²) in [6, 6.07) is 9.34. The molecule has 3 rings (SSSR count). The SMILES string of the molecule is COc1cc(OC)c(Nc2nc(-c3ccncc3)c(CC#N)s2)cc1Cl. The maximum atomic E-state index is 9.11. The fraction of sp³-hybridized carbons (Fsp3) is 0.167. The average Bonchev–Trinajstić information content (AvgIpc) is 3.05. The van der Waals surface area contributed by atoms with Gasteiger partial charge in [0, 0.05) is 28.9 Å². The number of hydrogen-bond donors (Lipinski definition) is 1. The summed E-state index contributed by atoms with van der Waals surface area (Å²) in [6.07, 6.45) is 3.67. The summed E-state index contributed by atoms with van der Waals surface area (Å²) in [4.78, 5) is 9.54. The summed E-state index contributed by atoms with van der Waals surface area (Å²) < 4.78 is 10.6. The van der Waals surface area contributed by atoms with Gasteiger partial charge in [-0.3, -0.25) is 4.98 Å².